The molecule has 2 aliphatic rings. The van der Waals surface area contributed by atoms with E-state index < -0.39 is 5.54 Å². The van der Waals surface area contributed by atoms with Gasteiger partial charge in [-0.25, -0.2) is 0 Å². The molecule has 120 valence electrons. The van der Waals surface area contributed by atoms with Crippen molar-refractivity contribution in [1.29, 1.82) is 0 Å². The smallest absolute Gasteiger partial charge is 0.248 e. The largest absolute Gasteiger partial charge is 0.342 e. The van der Waals surface area contributed by atoms with Gasteiger partial charge in [-0.15, -0.1) is 0 Å². The van der Waals surface area contributed by atoms with Crippen molar-refractivity contribution >= 4 is 11.8 Å². The molecule has 0 aromatic heterocycles. The van der Waals surface area contributed by atoms with E-state index in [0.29, 0.717) is 25.3 Å². The molecule has 21 heavy (non-hydrogen) atoms. The average Bonchev–Trinajstić information content (AvgIpc) is 2.77. The van der Waals surface area contributed by atoms with E-state index in [0.717, 1.165) is 12.8 Å². The molecule has 1 aliphatic carbocycles. The molecule has 1 unspecified atom stereocenters. The van der Waals surface area contributed by atoms with Crippen LogP contribution in [-0.4, -0.2) is 34.3 Å². The lowest BCUT2D eigenvalue weighted by molar-refractivity contribution is -0.143. The number of amides is 2. The minimum absolute atomic E-state index is 0.0144. The molecule has 1 atom stereocenters. The van der Waals surface area contributed by atoms with Crippen molar-refractivity contribution in [3.8, 4) is 0 Å². The Morgan fingerprint density at radius 1 is 1.10 bits per heavy atom. The van der Waals surface area contributed by atoms with Gasteiger partial charge in [-0.05, 0) is 32.6 Å². The second-order valence-corrected chi connectivity index (χ2v) is 6.75. The number of nitrogens with one attached hydrogen (secondary N) is 1. The third-order valence-corrected chi connectivity index (χ3v) is 5.40. The van der Waals surface area contributed by atoms with Gasteiger partial charge in [-0.3, -0.25) is 9.59 Å². The molecule has 4 heteroatoms. The Labute approximate surface area is 128 Å². The highest BCUT2D eigenvalue weighted by Crippen LogP contribution is 2.31. The maximum Gasteiger partial charge on any atom is 0.248 e. The molecule has 0 radical (unpaired) electrons. The third-order valence-electron chi connectivity index (χ3n) is 5.40. The van der Waals surface area contributed by atoms with Gasteiger partial charge in [0.1, 0.15) is 5.54 Å². The molecule has 1 aliphatic heterocycles. The molecular formula is C17H30N2O2. The summed E-state index contributed by atoms with van der Waals surface area (Å²) in [4.78, 5) is 27.5. The Kier molecular flexibility index (Phi) is 5.28. The zero-order chi connectivity index (χ0) is 15.5. The molecule has 2 amide bonds. The summed E-state index contributed by atoms with van der Waals surface area (Å²) in [6.07, 6.45) is 8.91. The van der Waals surface area contributed by atoms with Crippen LogP contribution in [0.15, 0.2) is 0 Å². The van der Waals surface area contributed by atoms with E-state index in [4.69, 9.17) is 0 Å². The normalized spacial score (nSPS) is 28.0. The van der Waals surface area contributed by atoms with E-state index in [2.05, 4.69) is 10.2 Å². The van der Waals surface area contributed by atoms with Gasteiger partial charge in [-0.2, -0.15) is 0 Å². The van der Waals surface area contributed by atoms with Crippen molar-refractivity contribution in [3.63, 3.8) is 0 Å². The Balaban J connectivity index is 2.31. The van der Waals surface area contributed by atoms with Crippen molar-refractivity contribution in [3.05, 3.63) is 0 Å². The first-order chi connectivity index (χ1) is 10.0. The zero-order valence-corrected chi connectivity index (χ0v) is 13.8. The summed E-state index contributed by atoms with van der Waals surface area (Å²) in [6.45, 7) is 6.04. The summed E-state index contributed by atoms with van der Waals surface area (Å²) in [5.41, 5.74) is -0.686. The Bertz CT molecular complexity index is 382. The van der Waals surface area contributed by atoms with Crippen molar-refractivity contribution in [2.24, 2.45) is 0 Å². The molecule has 1 N–H and O–H groups in total. The summed E-state index contributed by atoms with van der Waals surface area (Å²) in [5, 5.41) is 3.03. The molecule has 1 heterocycles. The minimum atomic E-state index is -0.686. The Morgan fingerprint density at radius 3 is 2.19 bits per heavy atom. The third kappa shape index (κ3) is 3.24. The van der Waals surface area contributed by atoms with E-state index >= 15 is 0 Å². The van der Waals surface area contributed by atoms with Crippen LogP contribution in [-0.2, 0) is 9.59 Å². The van der Waals surface area contributed by atoms with Crippen LogP contribution in [0.3, 0.4) is 0 Å². The Morgan fingerprint density at radius 2 is 1.67 bits per heavy atom. The van der Waals surface area contributed by atoms with Gasteiger partial charge in [0, 0.05) is 18.5 Å². The fraction of sp³-hybridized carbons (Fsp3) is 0.882. The lowest BCUT2D eigenvalue weighted by Gasteiger charge is -2.40. The van der Waals surface area contributed by atoms with Crippen LogP contribution in [0.2, 0.25) is 0 Å². The molecule has 1 saturated heterocycles. The van der Waals surface area contributed by atoms with Gasteiger partial charge in [0.2, 0.25) is 11.8 Å². The number of hydrogen-bond donors (Lipinski definition) is 1. The van der Waals surface area contributed by atoms with E-state index in [-0.39, 0.29) is 17.9 Å². The predicted octanol–water partition coefficient (Wildman–Crippen LogP) is 3.01. The van der Waals surface area contributed by atoms with E-state index in [1.807, 2.05) is 20.8 Å². The molecule has 0 bridgehead atoms. The molecule has 0 aromatic rings. The lowest BCUT2D eigenvalue weighted by Crippen LogP contribution is -2.59. The first kappa shape index (κ1) is 16.3. The van der Waals surface area contributed by atoms with Gasteiger partial charge in [0.25, 0.3) is 0 Å². The topological polar surface area (TPSA) is 49.4 Å². The summed E-state index contributed by atoms with van der Waals surface area (Å²) >= 11 is 0. The van der Waals surface area contributed by atoms with E-state index in [1.165, 1.54) is 25.7 Å². The Hall–Kier alpha value is -1.06. The van der Waals surface area contributed by atoms with Crippen LogP contribution < -0.4 is 5.32 Å². The SMILES string of the molecule is CCC1(CC)NC(=O)CC(C)N(C2CCCCCC2)C1=O. The van der Waals surface area contributed by atoms with Crippen molar-refractivity contribution in [2.75, 3.05) is 0 Å². The fourth-order valence-corrected chi connectivity index (χ4v) is 3.98. The zero-order valence-electron chi connectivity index (χ0n) is 13.8. The molecule has 0 spiro atoms. The highest BCUT2D eigenvalue weighted by molar-refractivity contribution is 5.94. The summed E-state index contributed by atoms with van der Waals surface area (Å²) in [7, 11) is 0. The molecule has 4 nitrogen and oxygen atoms in total. The number of carbonyl (C=O) groups is 2. The van der Waals surface area contributed by atoms with Crippen LogP contribution in [0.25, 0.3) is 0 Å². The average molecular weight is 294 g/mol. The standard InChI is InChI=1S/C17H30N2O2/c1-4-17(5-2)16(21)19(13(3)12-15(20)18-17)14-10-8-6-7-9-11-14/h13-14H,4-12H2,1-3H3,(H,18,20). The number of hydrogen-bond acceptors (Lipinski definition) is 2. The number of carbonyl (C=O) groups excluding carboxylic acids is 2. The summed E-state index contributed by atoms with van der Waals surface area (Å²) < 4.78 is 0. The second kappa shape index (κ2) is 6.80. The molecular weight excluding hydrogens is 264 g/mol. The molecule has 2 rings (SSSR count). The number of nitrogens with zero attached hydrogens (tertiary/aromatic N) is 1. The second-order valence-electron chi connectivity index (χ2n) is 6.75. The predicted molar refractivity (Wildman–Crippen MR) is 83.9 cm³/mol. The van der Waals surface area contributed by atoms with Crippen LogP contribution in [0, 0.1) is 0 Å². The first-order valence-electron chi connectivity index (χ1n) is 8.68. The van der Waals surface area contributed by atoms with Crippen LogP contribution in [0.5, 0.6) is 0 Å². The maximum atomic E-state index is 13.2. The van der Waals surface area contributed by atoms with E-state index in [1.54, 1.807) is 0 Å². The molecule has 1 saturated carbocycles. The van der Waals surface area contributed by atoms with E-state index in [9.17, 15) is 9.59 Å². The summed E-state index contributed by atoms with van der Waals surface area (Å²) in [5.74, 6) is 0.174. The van der Waals surface area contributed by atoms with Crippen LogP contribution in [0.4, 0.5) is 0 Å². The monoisotopic (exact) mass is 294 g/mol. The van der Waals surface area contributed by atoms with Crippen molar-refractivity contribution in [2.45, 2.75) is 96.2 Å². The van der Waals surface area contributed by atoms with Gasteiger partial charge < -0.3 is 10.2 Å². The van der Waals surface area contributed by atoms with Crippen molar-refractivity contribution in [1.82, 2.24) is 10.2 Å². The van der Waals surface area contributed by atoms with Crippen LogP contribution >= 0.6 is 0 Å². The van der Waals surface area contributed by atoms with Gasteiger partial charge in [0.15, 0.2) is 0 Å². The van der Waals surface area contributed by atoms with Gasteiger partial charge in [0.05, 0.1) is 0 Å². The van der Waals surface area contributed by atoms with Gasteiger partial charge in [-0.1, -0.05) is 39.5 Å². The molecule has 2 fully saturated rings. The number of rotatable bonds is 3. The fourth-order valence-electron chi connectivity index (χ4n) is 3.98. The van der Waals surface area contributed by atoms with Crippen LogP contribution in [0.1, 0.15) is 78.6 Å². The highest BCUT2D eigenvalue weighted by Gasteiger charge is 2.45. The highest BCUT2D eigenvalue weighted by atomic mass is 16.2. The van der Waals surface area contributed by atoms with Crippen molar-refractivity contribution < 1.29 is 9.59 Å². The summed E-state index contributed by atoms with van der Waals surface area (Å²) in [6, 6.07) is 0.334. The van der Waals surface area contributed by atoms with Gasteiger partial charge >= 0.3 is 0 Å². The first-order valence-corrected chi connectivity index (χ1v) is 8.68. The maximum absolute atomic E-state index is 13.2. The quantitative estimate of drug-likeness (QED) is 0.813. The molecule has 0 aromatic carbocycles. The minimum Gasteiger partial charge on any atom is -0.342 e. The lowest BCUT2D eigenvalue weighted by atomic mass is 9.90.